The molecule has 2 aromatic carbocycles. The molecular weight excluding hydrogens is 216 g/mol. The zero-order chi connectivity index (χ0) is 12.5. The fourth-order valence-electron chi connectivity index (χ4n) is 2.93. The van der Waals surface area contributed by atoms with E-state index in [-0.39, 0.29) is 0 Å². The Kier molecular flexibility index (Phi) is 2.95. The lowest BCUT2D eigenvalue weighted by molar-refractivity contribution is 0.346. The summed E-state index contributed by atoms with van der Waals surface area (Å²) in [6.07, 6.45) is 2.67. The second kappa shape index (κ2) is 4.61. The van der Waals surface area contributed by atoms with Crippen LogP contribution in [0.4, 0.5) is 0 Å². The van der Waals surface area contributed by atoms with Crippen LogP contribution in [0.3, 0.4) is 0 Å². The molecule has 0 aromatic heterocycles. The molecule has 0 N–H and O–H groups in total. The Morgan fingerprint density at radius 1 is 0.611 bits per heavy atom. The number of hydrogen-bond donors (Lipinski definition) is 0. The van der Waals surface area contributed by atoms with Gasteiger partial charge in [-0.3, -0.25) is 0 Å². The highest BCUT2D eigenvalue weighted by molar-refractivity contribution is 5.34. The van der Waals surface area contributed by atoms with Crippen molar-refractivity contribution in [3.63, 3.8) is 0 Å². The molecule has 18 heavy (non-hydrogen) atoms. The number of benzene rings is 2. The molecule has 2 aromatic rings. The molecule has 0 unspecified atom stereocenters. The predicted octanol–water partition coefficient (Wildman–Crippen LogP) is 4.96. The van der Waals surface area contributed by atoms with E-state index in [1.54, 1.807) is 0 Å². The quantitative estimate of drug-likeness (QED) is 0.691. The topological polar surface area (TPSA) is 0 Å². The first-order valence-corrected chi connectivity index (χ1v) is 6.87. The number of aryl methyl sites for hydroxylation is 2. The molecule has 92 valence electrons. The lowest BCUT2D eigenvalue weighted by Gasteiger charge is -2.37. The molecule has 1 saturated carbocycles. The zero-order valence-electron chi connectivity index (χ0n) is 11.2. The van der Waals surface area contributed by atoms with Gasteiger partial charge >= 0.3 is 0 Å². The summed E-state index contributed by atoms with van der Waals surface area (Å²) in [4.78, 5) is 0. The minimum absolute atomic E-state index is 0.730. The maximum Gasteiger partial charge on any atom is -0.00929 e. The number of hydrogen-bond acceptors (Lipinski definition) is 0. The maximum absolute atomic E-state index is 2.31. The van der Waals surface area contributed by atoms with Gasteiger partial charge in [0.05, 0.1) is 0 Å². The standard InChI is InChI=1S/C18H20/c1-13-3-7-15(8-4-13)17-11-12-18(17)16-9-5-14(2)6-10-16/h3-10,17-18H,11-12H2,1-2H3/t17-,18+. The van der Waals surface area contributed by atoms with Crippen LogP contribution >= 0.6 is 0 Å². The second-order valence-electron chi connectivity index (χ2n) is 5.61. The fraction of sp³-hybridized carbons (Fsp3) is 0.333. The van der Waals surface area contributed by atoms with Crippen molar-refractivity contribution in [3.8, 4) is 0 Å². The summed E-state index contributed by atoms with van der Waals surface area (Å²) >= 11 is 0. The highest BCUT2D eigenvalue weighted by Crippen LogP contribution is 2.48. The van der Waals surface area contributed by atoms with Crippen LogP contribution in [0.25, 0.3) is 0 Å². The smallest absolute Gasteiger partial charge is 0.00929 e. The van der Waals surface area contributed by atoms with Gasteiger partial charge in [0.2, 0.25) is 0 Å². The third-order valence-electron chi connectivity index (χ3n) is 4.29. The van der Waals surface area contributed by atoms with E-state index in [0.29, 0.717) is 0 Å². The average molecular weight is 236 g/mol. The van der Waals surface area contributed by atoms with Gasteiger partial charge in [-0.1, -0.05) is 59.7 Å². The van der Waals surface area contributed by atoms with Crippen molar-refractivity contribution in [1.29, 1.82) is 0 Å². The van der Waals surface area contributed by atoms with Crippen LogP contribution in [0, 0.1) is 13.8 Å². The first kappa shape index (κ1) is 11.5. The molecule has 0 radical (unpaired) electrons. The van der Waals surface area contributed by atoms with E-state index >= 15 is 0 Å². The van der Waals surface area contributed by atoms with Crippen molar-refractivity contribution in [2.24, 2.45) is 0 Å². The van der Waals surface area contributed by atoms with Crippen molar-refractivity contribution in [1.82, 2.24) is 0 Å². The van der Waals surface area contributed by atoms with E-state index in [2.05, 4.69) is 62.4 Å². The summed E-state index contributed by atoms with van der Waals surface area (Å²) in [5, 5.41) is 0. The molecule has 0 nitrogen and oxygen atoms in total. The summed E-state index contributed by atoms with van der Waals surface area (Å²) < 4.78 is 0. The molecule has 0 aliphatic heterocycles. The molecule has 0 heteroatoms. The van der Waals surface area contributed by atoms with Gasteiger partial charge in [0.25, 0.3) is 0 Å². The fourth-order valence-corrected chi connectivity index (χ4v) is 2.93. The van der Waals surface area contributed by atoms with Crippen molar-refractivity contribution in [3.05, 3.63) is 70.8 Å². The molecular formula is C18H20. The summed E-state index contributed by atoms with van der Waals surface area (Å²) in [5.41, 5.74) is 5.73. The molecule has 0 heterocycles. The summed E-state index contributed by atoms with van der Waals surface area (Å²) in [6.45, 7) is 4.31. The predicted molar refractivity (Wildman–Crippen MR) is 77.1 cm³/mol. The Morgan fingerprint density at radius 2 is 0.944 bits per heavy atom. The lowest BCUT2D eigenvalue weighted by atomic mass is 9.67. The third-order valence-corrected chi connectivity index (χ3v) is 4.29. The van der Waals surface area contributed by atoms with Gasteiger partial charge in [0, 0.05) is 0 Å². The van der Waals surface area contributed by atoms with Gasteiger partial charge in [-0.15, -0.1) is 0 Å². The van der Waals surface area contributed by atoms with Gasteiger partial charge in [0.15, 0.2) is 0 Å². The van der Waals surface area contributed by atoms with E-state index in [0.717, 1.165) is 11.8 Å². The number of rotatable bonds is 2. The summed E-state index contributed by atoms with van der Waals surface area (Å²) in [7, 11) is 0. The van der Waals surface area contributed by atoms with Crippen LogP contribution in [0.1, 0.15) is 46.9 Å². The zero-order valence-corrected chi connectivity index (χ0v) is 11.2. The van der Waals surface area contributed by atoms with Crippen molar-refractivity contribution in [2.75, 3.05) is 0 Å². The van der Waals surface area contributed by atoms with Gasteiger partial charge in [-0.2, -0.15) is 0 Å². The van der Waals surface area contributed by atoms with Crippen LogP contribution in [0.5, 0.6) is 0 Å². The maximum atomic E-state index is 2.31. The van der Waals surface area contributed by atoms with E-state index in [1.165, 1.54) is 35.1 Å². The molecule has 3 rings (SSSR count). The Bertz CT molecular complexity index is 467. The van der Waals surface area contributed by atoms with Gasteiger partial charge in [-0.25, -0.2) is 0 Å². The Hall–Kier alpha value is -1.56. The van der Waals surface area contributed by atoms with Crippen molar-refractivity contribution >= 4 is 0 Å². The van der Waals surface area contributed by atoms with Gasteiger partial charge in [-0.05, 0) is 49.7 Å². The molecule has 0 saturated heterocycles. The first-order chi connectivity index (χ1) is 8.74. The highest BCUT2D eigenvalue weighted by Gasteiger charge is 2.32. The molecule has 0 bridgehead atoms. The highest BCUT2D eigenvalue weighted by atomic mass is 14.4. The van der Waals surface area contributed by atoms with E-state index in [1.807, 2.05) is 0 Å². The molecule has 1 aliphatic rings. The van der Waals surface area contributed by atoms with Crippen molar-refractivity contribution < 1.29 is 0 Å². The molecule has 1 aliphatic carbocycles. The lowest BCUT2D eigenvalue weighted by Crippen LogP contribution is -2.21. The monoisotopic (exact) mass is 236 g/mol. The van der Waals surface area contributed by atoms with Crippen LogP contribution < -0.4 is 0 Å². The Balaban J connectivity index is 1.83. The first-order valence-electron chi connectivity index (χ1n) is 6.87. The SMILES string of the molecule is Cc1ccc([C@H]2CC[C@H]2c2ccc(C)cc2)cc1. The van der Waals surface area contributed by atoms with E-state index < -0.39 is 0 Å². The Labute approximate surface area is 110 Å². The normalized spacial score (nSPS) is 22.6. The summed E-state index contributed by atoms with van der Waals surface area (Å²) in [6, 6.07) is 18.2. The average Bonchev–Trinajstić information content (AvgIpc) is 2.33. The molecule has 0 amide bonds. The molecule has 2 atom stereocenters. The van der Waals surface area contributed by atoms with Crippen LogP contribution in [-0.2, 0) is 0 Å². The molecule has 0 spiro atoms. The molecule has 1 fully saturated rings. The second-order valence-corrected chi connectivity index (χ2v) is 5.61. The Morgan fingerprint density at radius 3 is 1.22 bits per heavy atom. The van der Waals surface area contributed by atoms with Crippen molar-refractivity contribution in [2.45, 2.75) is 38.5 Å². The van der Waals surface area contributed by atoms with E-state index in [4.69, 9.17) is 0 Å². The van der Waals surface area contributed by atoms with Gasteiger partial charge in [0.1, 0.15) is 0 Å². The largest absolute Gasteiger partial charge is 0.0590 e. The van der Waals surface area contributed by atoms with Crippen LogP contribution in [0.2, 0.25) is 0 Å². The van der Waals surface area contributed by atoms with E-state index in [9.17, 15) is 0 Å². The minimum atomic E-state index is 0.730. The third kappa shape index (κ3) is 2.08. The van der Waals surface area contributed by atoms with Gasteiger partial charge < -0.3 is 0 Å². The van der Waals surface area contributed by atoms with Crippen LogP contribution in [0.15, 0.2) is 48.5 Å². The minimum Gasteiger partial charge on any atom is -0.0590 e. The van der Waals surface area contributed by atoms with Crippen LogP contribution in [-0.4, -0.2) is 0 Å². The summed E-state index contributed by atoms with van der Waals surface area (Å²) in [5.74, 6) is 1.46.